The van der Waals surface area contributed by atoms with E-state index in [-0.39, 0.29) is 6.04 Å². The van der Waals surface area contributed by atoms with Gasteiger partial charge in [0.25, 0.3) is 0 Å². The molecule has 0 aliphatic heterocycles. The molecule has 0 aliphatic rings. The summed E-state index contributed by atoms with van der Waals surface area (Å²) >= 11 is 12.3. The fourth-order valence-electron chi connectivity index (χ4n) is 2.38. The normalized spacial score (nSPS) is 12.3. The van der Waals surface area contributed by atoms with E-state index in [1.165, 1.54) is 0 Å². The summed E-state index contributed by atoms with van der Waals surface area (Å²) in [5, 5.41) is 5.99. The summed E-state index contributed by atoms with van der Waals surface area (Å²) in [6, 6.07) is 15.6. The molecular formula is C17H14Cl2N2. The zero-order chi connectivity index (χ0) is 14.8. The standard InChI is InChI=1S/C17H14Cl2N2/c1-11(13-4-2-3-5-15(13)19)21-16-8-9-20-17-10-12(18)6-7-14(16)17/h2-11H,1H3,(H,20,21). The molecule has 106 valence electrons. The van der Waals surface area contributed by atoms with Crippen molar-refractivity contribution in [2.75, 3.05) is 5.32 Å². The summed E-state index contributed by atoms with van der Waals surface area (Å²) in [6.45, 7) is 2.09. The van der Waals surface area contributed by atoms with Crippen molar-refractivity contribution < 1.29 is 0 Å². The zero-order valence-corrected chi connectivity index (χ0v) is 13.0. The monoisotopic (exact) mass is 316 g/mol. The highest BCUT2D eigenvalue weighted by molar-refractivity contribution is 6.31. The van der Waals surface area contributed by atoms with Crippen molar-refractivity contribution >= 4 is 39.8 Å². The first-order chi connectivity index (χ1) is 10.1. The number of aromatic nitrogens is 1. The molecule has 21 heavy (non-hydrogen) atoms. The van der Waals surface area contributed by atoms with Gasteiger partial charge in [0.1, 0.15) is 0 Å². The van der Waals surface area contributed by atoms with Crippen LogP contribution in [0.25, 0.3) is 10.9 Å². The Hall–Kier alpha value is -1.77. The molecule has 0 bridgehead atoms. The Balaban J connectivity index is 1.97. The first kappa shape index (κ1) is 14.2. The molecule has 0 fully saturated rings. The van der Waals surface area contributed by atoms with Gasteiger partial charge in [-0.2, -0.15) is 0 Å². The summed E-state index contributed by atoms with van der Waals surface area (Å²) < 4.78 is 0. The van der Waals surface area contributed by atoms with E-state index < -0.39 is 0 Å². The van der Waals surface area contributed by atoms with Crippen LogP contribution in [0.1, 0.15) is 18.5 Å². The van der Waals surface area contributed by atoms with Crippen LogP contribution in [0.2, 0.25) is 10.0 Å². The second-order valence-corrected chi connectivity index (χ2v) is 5.75. The maximum absolute atomic E-state index is 6.25. The topological polar surface area (TPSA) is 24.9 Å². The van der Waals surface area contributed by atoms with Gasteiger partial charge in [-0.15, -0.1) is 0 Å². The lowest BCUT2D eigenvalue weighted by molar-refractivity contribution is 0.887. The van der Waals surface area contributed by atoms with E-state index in [0.29, 0.717) is 5.02 Å². The first-order valence-electron chi connectivity index (χ1n) is 6.70. The summed E-state index contributed by atoms with van der Waals surface area (Å²) in [6.07, 6.45) is 1.78. The second-order valence-electron chi connectivity index (χ2n) is 4.91. The van der Waals surface area contributed by atoms with Crippen molar-refractivity contribution in [2.24, 2.45) is 0 Å². The van der Waals surface area contributed by atoms with Crippen molar-refractivity contribution in [3.05, 3.63) is 70.3 Å². The lowest BCUT2D eigenvalue weighted by atomic mass is 10.1. The van der Waals surface area contributed by atoms with Crippen molar-refractivity contribution in [3.8, 4) is 0 Å². The highest BCUT2D eigenvalue weighted by Gasteiger charge is 2.10. The van der Waals surface area contributed by atoms with Gasteiger partial charge in [0.05, 0.1) is 11.6 Å². The zero-order valence-electron chi connectivity index (χ0n) is 11.5. The van der Waals surface area contributed by atoms with Gasteiger partial charge < -0.3 is 5.32 Å². The van der Waals surface area contributed by atoms with Crippen molar-refractivity contribution in [2.45, 2.75) is 13.0 Å². The van der Waals surface area contributed by atoms with E-state index in [1.807, 2.05) is 48.5 Å². The Bertz CT molecular complexity index is 787. The molecule has 0 radical (unpaired) electrons. The van der Waals surface area contributed by atoms with Gasteiger partial charge in [-0.3, -0.25) is 4.98 Å². The van der Waals surface area contributed by atoms with Crippen molar-refractivity contribution in [1.82, 2.24) is 4.98 Å². The molecular weight excluding hydrogens is 303 g/mol. The molecule has 4 heteroatoms. The Labute approximate surface area is 133 Å². The van der Waals surface area contributed by atoms with Gasteiger partial charge in [0, 0.05) is 27.3 Å². The molecule has 2 aromatic carbocycles. The Morgan fingerprint density at radius 1 is 1.05 bits per heavy atom. The number of anilines is 1. The van der Waals surface area contributed by atoms with Crippen LogP contribution in [0.15, 0.2) is 54.7 Å². The summed E-state index contributed by atoms with van der Waals surface area (Å²) in [7, 11) is 0. The molecule has 0 amide bonds. The van der Waals surface area contributed by atoms with Crippen LogP contribution in [0.3, 0.4) is 0 Å². The Morgan fingerprint density at radius 2 is 1.86 bits per heavy atom. The van der Waals surface area contributed by atoms with Gasteiger partial charge in [0.2, 0.25) is 0 Å². The van der Waals surface area contributed by atoms with E-state index in [4.69, 9.17) is 23.2 Å². The molecule has 3 rings (SSSR count). The molecule has 3 aromatic rings. The highest BCUT2D eigenvalue weighted by atomic mass is 35.5. The Morgan fingerprint density at radius 3 is 2.67 bits per heavy atom. The molecule has 1 aromatic heterocycles. The van der Waals surface area contributed by atoms with E-state index in [9.17, 15) is 0 Å². The molecule has 1 unspecified atom stereocenters. The number of rotatable bonds is 3. The first-order valence-corrected chi connectivity index (χ1v) is 7.46. The second kappa shape index (κ2) is 5.92. The summed E-state index contributed by atoms with van der Waals surface area (Å²) in [4.78, 5) is 4.35. The fourth-order valence-corrected chi connectivity index (χ4v) is 2.85. The molecule has 2 nitrogen and oxygen atoms in total. The predicted octanol–water partition coefficient (Wildman–Crippen LogP) is 5.71. The minimum Gasteiger partial charge on any atom is -0.378 e. The van der Waals surface area contributed by atoms with Crippen LogP contribution in [-0.2, 0) is 0 Å². The lowest BCUT2D eigenvalue weighted by Gasteiger charge is -2.18. The quantitative estimate of drug-likeness (QED) is 0.669. The molecule has 0 spiro atoms. The van der Waals surface area contributed by atoms with E-state index >= 15 is 0 Å². The third kappa shape index (κ3) is 2.97. The lowest BCUT2D eigenvalue weighted by Crippen LogP contribution is -2.07. The van der Waals surface area contributed by atoms with Gasteiger partial charge >= 0.3 is 0 Å². The highest BCUT2D eigenvalue weighted by Crippen LogP contribution is 2.29. The molecule has 1 atom stereocenters. The van der Waals surface area contributed by atoms with Crippen LogP contribution in [0.5, 0.6) is 0 Å². The predicted molar refractivity (Wildman–Crippen MR) is 90.2 cm³/mol. The van der Waals surface area contributed by atoms with Crippen LogP contribution >= 0.6 is 23.2 Å². The third-order valence-electron chi connectivity index (χ3n) is 3.45. The number of benzene rings is 2. The van der Waals surface area contributed by atoms with Crippen LogP contribution < -0.4 is 5.32 Å². The molecule has 0 saturated heterocycles. The van der Waals surface area contributed by atoms with E-state index in [0.717, 1.165) is 27.2 Å². The van der Waals surface area contributed by atoms with E-state index in [1.54, 1.807) is 6.20 Å². The Kier molecular flexibility index (Phi) is 4.00. The van der Waals surface area contributed by atoms with Gasteiger partial charge in [-0.05, 0) is 42.8 Å². The van der Waals surface area contributed by atoms with Crippen LogP contribution in [-0.4, -0.2) is 4.98 Å². The van der Waals surface area contributed by atoms with Gasteiger partial charge in [0.15, 0.2) is 0 Å². The third-order valence-corrected chi connectivity index (χ3v) is 4.03. The van der Waals surface area contributed by atoms with Crippen molar-refractivity contribution in [1.29, 1.82) is 0 Å². The van der Waals surface area contributed by atoms with Crippen LogP contribution in [0.4, 0.5) is 5.69 Å². The number of hydrogen-bond donors (Lipinski definition) is 1. The SMILES string of the molecule is CC(Nc1ccnc2cc(Cl)ccc12)c1ccccc1Cl. The minimum absolute atomic E-state index is 0.0972. The number of nitrogens with zero attached hydrogens (tertiary/aromatic N) is 1. The number of halogens is 2. The number of hydrogen-bond acceptors (Lipinski definition) is 2. The largest absolute Gasteiger partial charge is 0.378 e. The van der Waals surface area contributed by atoms with Crippen molar-refractivity contribution in [3.63, 3.8) is 0 Å². The minimum atomic E-state index is 0.0972. The molecule has 1 N–H and O–H groups in total. The molecule has 0 saturated carbocycles. The van der Waals surface area contributed by atoms with E-state index in [2.05, 4.69) is 17.2 Å². The molecule has 1 heterocycles. The number of nitrogens with one attached hydrogen (secondary N) is 1. The van der Waals surface area contributed by atoms with Crippen LogP contribution in [0, 0.1) is 0 Å². The number of pyridine rings is 1. The van der Waals surface area contributed by atoms with Gasteiger partial charge in [-0.25, -0.2) is 0 Å². The fraction of sp³-hybridized carbons (Fsp3) is 0.118. The summed E-state index contributed by atoms with van der Waals surface area (Å²) in [5.74, 6) is 0. The summed E-state index contributed by atoms with van der Waals surface area (Å²) in [5.41, 5.74) is 2.96. The molecule has 0 aliphatic carbocycles. The maximum Gasteiger partial charge on any atom is 0.0737 e. The number of fused-ring (bicyclic) bond motifs is 1. The average molecular weight is 317 g/mol. The maximum atomic E-state index is 6.25. The van der Waals surface area contributed by atoms with Gasteiger partial charge in [-0.1, -0.05) is 41.4 Å². The average Bonchev–Trinajstić information content (AvgIpc) is 2.47. The smallest absolute Gasteiger partial charge is 0.0737 e.